The molecule has 2 aromatic carbocycles. The second-order valence-corrected chi connectivity index (χ2v) is 7.21. The molecule has 2 aromatic rings. The summed E-state index contributed by atoms with van der Waals surface area (Å²) in [5, 5.41) is 3.63. The number of anilines is 1. The number of hydrogen-bond donors (Lipinski definition) is 1. The van der Waals surface area contributed by atoms with E-state index in [-0.39, 0.29) is 12.3 Å². The number of halogens is 2. The predicted molar refractivity (Wildman–Crippen MR) is 109 cm³/mol. The average Bonchev–Trinajstić information content (AvgIpc) is 2.64. The molecule has 2 atom stereocenters. The third-order valence-corrected chi connectivity index (χ3v) is 5.13. The molecule has 2 rings (SSSR count). The van der Waals surface area contributed by atoms with Gasteiger partial charge in [-0.3, -0.25) is 9.59 Å². The van der Waals surface area contributed by atoms with Crippen molar-refractivity contribution in [1.29, 1.82) is 0 Å². The first kappa shape index (κ1) is 21.3. The van der Waals surface area contributed by atoms with E-state index in [4.69, 9.17) is 27.9 Å². The molecular weight excluding hydrogens is 385 g/mol. The SMILES string of the molecule is CC[C@H](C)c1ccccc1NC(=O)[C@@H](C)OC(=O)Cc1c(Cl)cccc1Cl. The molecule has 0 spiro atoms. The smallest absolute Gasteiger partial charge is 0.311 e. The summed E-state index contributed by atoms with van der Waals surface area (Å²) in [6.45, 7) is 5.72. The molecule has 144 valence electrons. The number of ether oxygens (including phenoxy) is 1. The molecule has 0 aromatic heterocycles. The molecule has 0 radical (unpaired) electrons. The number of esters is 1. The van der Waals surface area contributed by atoms with Crippen LogP contribution >= 0.6 is 23.2 Å². The molecular formula is C21H23Cl2NO3. The number of carbonyl (C=O) groups is 2. The Morgan fingerprint density at radius 1 is 1.04 bits per heavy atom. The molecule has 0 fully saturated rings. The first-order valence-electron chi connectivity index (χ1n) is 8.85. The number of carbonyl (C=O) groups excluding carboxylic acids is 2. The first-order chi connectivity index (χ1) is 12.8. The third kappa shape index (κ3) is 5.72. The van der Waals surface area contributed by atoms with E-state index in [0.29, 0.717) is 21.5 Å². The minimum Gasteiger partial charge on any atom is -0.452 e. The summed E-state index contributed by atoms with van der Waals surface area (Å²) < 4.78 is 5.26. The minimum absolute atomic E-state index is 0.0976. The molecule has 0 saturated heterocycles. The number of hydrogen-bond acceptors (Lipinski definition) is 3. The van der Waals surface area contributed by atoms with E-state index in [1.807, 2.05) is 24.3 Å². The van der Waals surface area contributed by atoms with Gasteiger partial charge in [-0.05, 0) is 43.0 Å². The van der Waals surface area contributed by atoms with E-state index in [2.05, 4.69) is 19.2 Å². The zero-order valence-corrected chi connectivity index (χ0v) is 17.1. The second kappa shape index (κ2) is 9.77. The standard InChI is InChI=1S/C21H23Cl2NO3/c1-4-13(2)15-8-5-6-11-19(15)24-21(26)14(3)27-20(25)12-16-17(22)9-7-10-18(16)23/h5-11,13-14H,4,12H2,1-3H3,(H,24,26)/t13-,14+/m0/s1. The van der Waals surface area contributed by atoms with Gasteiger partial charge in [-0.15, -0.1) is 0 Å². The van der Waals surface area contributed by atoms with Gasteiger partial charge in [-0.25, -0.2) is 0 Å². The molecule has 0 heterocycles. The second-order valence-electron chi connectivity index (χ2n) is 6.39. The number of rotatable bonds is 7. The predicted octanol–water partition coefficient (Wildman–Crippen LogP) is 5.62. The Labute approximate surface area is 169 Å². The summed E-state index contributed by atoms with van der Waals surface area (Å²) >= 11 is 12.1. The fourth-order valence-corrected chi connectivity index (χ4v) is 3.16. The summed E-state index contributed by atoms with van der Waals surface area (Å²) in [6, 6.07) is 12.6. The summed E-state index contributed by atoms with van der Waals surface area (Å²) in [6.07, 6.45) is -0.0842. The van der Waals surface area contributed by atoms with Crippen molar-refractivity contribution in [2.75, 3.05) is 5.32 Å². The van der Waals surface area contributed by atoms with Crippen LogP contribution in [0.2, 0.25) is 10.0 Å². The lowest BCUT2D eigenvalue weighted by Gasteiger charge is -2.18. The monoisotopic (exact) mass is 407 g/mol. The van der Waals surface area contributed by atoms with Crippen molar-refractivity contribution in [2.45, 2.75) is 45.6 Å². The van der Waals surface area contributed by atoms with E-state index >= 15 is 0 Å². The molecule has 0 saturated carbocycles. The van der Waals surface area contributed by atoms with E-state index < -0.39 is 12.1 Å². The van der Waals surface area contributed by atoms with Crippen LogP contribution in [-0.4, -0.2) is 18.0 Å². The van der Waals surface area contributed by atoms with Crippen LogP contribution in [0.25, 0.3) is 0 Å². The van der Waals surface area contributed by atoms with Crippen molar-refractivity contribution in [2.24, 2.45) is 0 Å². The Balaban J connectivity index is 2.01. The zero-order valence-electron chi connectivity index (χ0n) is 15.6. The van der Waals surface area contributed by atoms with Gasteiger partial charge in [0, 0.05) is 21.3 Å². The maximum Gasteiger partial charge on any atom is 0.311 e. The lowest BCUT2D eigenvalue weighted by Crippen LogP contribution is -2.31. The van der Waals surface area contributed by atoms with Gasteiger partial charge in [0.05, 0.1) is 6.42 Å². The van der Waals surface area contributed by atoms with Gasteiger partial charge in [-0.2, -0.15) is 0 Å². The van der Waals surface area contributed by atoms with Gasteiger partial charge in [0.2, 0.25) is 0 Å². The van der Waals surface area contributed by atoms with Gasteiger partial charge in [-0.1, -0.05) is 61.3 Å². The maximum absolute atomic E-state index is 12.5. The maximum atomic E-state index is 12.5. The fraction of sp³-hybridized carbons (Fsp3) is 0.333. The van der Waals surface area contributed by atoms with Gasteiger partial charge in [0.1, 0.15) is 0 Å². The molecule has 0 aliphatic heterocycles. The van der Waals surface area contributed by atoms with Crippen molar-refractivity contribution < 1.29 is 14.3 Å². The van der Waals surface area contributed by atoms with Crippen LogP contribution in [0.15, 0.2) is 42.5 Å². The van der Waals surface area contributed by atoms with Crippen molar-refractivity contribution in [3.05, 3.63) is 63.6 Å². The number of benzene rings is 2. The number of para-hydroxylation sites is 1. The Kier molecular flexibility index (Phi) is 7.69. The van der Waals surface area contributed by atoms with Crippen LogP contribution in [0.4, 0.5) is 5.69 Å². The summed E-state index contributed by atoms with van der Waals surface area (Å²) in [5.41, 5.74) is 2.27. The summed E-state index contributed by atoms with van der Waals surface area (Å²) in [5.74, 6) is -0.644. The third-order valence-electron chi connectivity index (χ3n) is 4.42. The van der Waals surface area contributed by atoms with Crippen LogP contribution in [0.3, 0.4) is 0 Å². The molecule has 6 heteroatoms. The van der Waals surface area contributed by atoms with Gasteiger partial charge in [0.15, 0.2) is 6.10 Å². The first-order valence-corrected chi connectivity index (χ1v) is 9.61. The van der Waals surface area contributed by atoms with Crippen LogP contribution in [0.5, 0.6) is 0 Å². The Morgan fingerprint density at radius 3 is 2.30 bits per heavy atom. The van der Waals surface area contributed by atoms with E-state index in [1.165, 1.54) is 6.92 Å². The summed E-state index contributed by atoms with van der Waals surface area (Å²) in [7, 11) is 0. The highest BCUT2D eigenvalue weighted by Gasteiger charge is 2.21. The molecule has 0 bridgehead atoms. The van der Waals surface area contributed by atoms with Crippen LogP contribution in [0.1, 0.15) is 44.2 Å². The summed E-state index contributed by atoms with van der Waals surface area (Å²) in [4.78, 5) is 24.6. The van der Waals surface area contributed by atoms with Crippen LogP contribution in [-0.2, 0) is 20.7 Å². The lowest BCUT2D eigenvalue weighted by atomic mass is 9.97. The normalized spacial score (nSPS) is 12.9. The highest BCUT2D eigenvalue weighted by atomic mass is 35.5. The van der Waals surface area contributed by atoms with Gasteiger partial charge < -0.3 is 10.1 Å². The molecule has 1 amide bonds. The van der Waals surface area contributed by atoms with Crippen LogP contribution < -0.4 is 5.32 Å². The highest BCUT2D eigenvalue weighted by Crippen LogP contribution is 2.27. The van der Waals surface area contributed by atoms with Crippen molar-refractivity contribution >= 4 is 40.8 Å². The van der Waals surface area contributed by atoms with Crippen molar-refractivity contribution in [3.8, 4) is 0 Å². The van der Waals surface area contributed by atoms with E-state index in [9.17, 15) is 9.59 Å². The highest BCUT2D eigenvalue weighted by molar-refractivity contribution is 6.36. The van der Waals surface area contributed by atoms with Crippen molar-refractivity contribution in [1.82, 2.24) is 0 Å². The van der Waals surface area contributed by atoms with Crippen molar-refractivity contribution in [3.63, 3.8) is 0 Å². The number of nitrogens with one attached hydrogen (secondary N) is 1. The Hall–Kier alpha value is -2.04. The van der Waals surface area contributed by atoms with E-state index in [1.54, 1.807) is 18.2 Å². The molecule has 0 aliphatic rings. The Morgan fingerprint density at radius 2 is 1.67 bits per heavy atom. The quantitative estimate of drug-likeness (QED) is 0.605. The Bertz CT molecular complexity index is 803. The van der Waals surface area contributed by atoms with Gasteiger partial charge in [0.25, 0.3) is 5.91 Å². The largest absolute Gasteiger partial charge is 0.452 e. The fourth-order valence-electron chi connectivity index (χ4n) is 2.63. The lowest BCUT2D eigenvalue weighted by molar-refractivity contribution is -0.152. The van der Waals surface area contributed by atoms with E-state index in [0.717, 1.165) is 17.7 Å². The average molecular weight is 408 g/mol. The topological polar surface area (TPSA) is 55.4 Å². The molecule has 0 aliphatic carbocycles. The molecule has 27 heavy (non-hydrogen) atoms. The number of amides is 1. The van der Waals surface area contributed by atoms with Crippen LogP contribution in [0, 0.1) is 0 Å². The molecule has 0 unspecified atom stereocenters. The molecule has 1 N–H and O–H groups in total. The zero-order chi connectivity index (χ0) is 20.0. The van der Waals surface area contributed by atoms with Gasteiger partial charge >= 0.3 is 5.97 Å². The minimum atomic E-state index is -0.941. The molecule has 4 nitrogen and oxygen atoms in total.